The molecule has 0 aliphatic heterocycles. The van der Waals surface area contributed by atoms with Crippen LogP contribution >= 0.6 is 7.72 Å². The van der Waals surface area contributed by atoms with Crippen molar-refractivity contribution in [3.05, 3.63) is 35.4 Å². The van der Waals surface area contributed by atoms with Crippen LogP contribution in [0.15, 0.2) is 24.3 Å². The zero-order chi connectivity index (χ0) is 10.6. The summed E-state index contributed by atoms with van der Waals surface area (Å²) >= 11 is 0. The van der Waals surface area contributed by atoms with Gasteiger partial charge >= 0.3 is 86.1 Å². The molecule has 14 heavy (non-hydrogen) atoms. The van der Waals surface area contributed by atoms with E-state index in [1.54, 1.807) is 14.2 Å². The van der Waals surface area contributed by atoms with Crippen molar-refractivity contribution in [2.24, 2.45) is 0 Å². The molecular formula is C11H19O2P. The second-order valence-corrected chi connectivity index (χ2v) is 7.08. The molecule has 0 radical (unpaired) electrons. The molecule has 0 aromatic heterocycles. The Bertz CT molecular complexity index is 295. The third-order valence-corrected chi connectivity index (χ3v) is 5.39. The summed E-state index contributed by atoms with van der Waals surface area (Å²) in [6, 6.07) is 8.37. The Hall–Kier alpha value is -0.430. The zero-order valence-electron chi connectivity index (χ0n) is 9.33. The standard InChI is InChI=1S/C11H19O2P/c1-10-7-5-6-8-11(10)9-14(4,12-2)13-3/h5-8,14H,9H2,1-4H3. The molecule has 1 rings (SSSR count). The molecule has 0 saturated carbocycles. The number of aryl methyl sites for hydroxylation is 1. The van der Waals surface area contributed by atoms with E-state index in [0.29, 0.717) is 0 Å². The summed E-state index contributed by atoms with van der Waals surface area (Å²) in [6.07, 6.45) is 0.909. The first kappa shape index (κ1) is 11.6. The second-order valence-electron chi connectivity index (χ2n) is 3.65. The van der Waals surface area contributed by atoms with Gasteiger partial charge in [0, 0.05) is 0 Å². The van der Waals surface area contributed by atoms with Crippen LogP contribution < -0.4 is 0 Å². The van der Waals surface area contributed by atoms with Gasteiger partial charge < -0.3 is 0 Å². The van der Waals surface area contributed by atoms with Gasteiger partial charge in [-0.3, -0.25) is 0 Å². The molecule has 0 heterocycles. The first-order valence-electron chi connectivity index (χ1n) is 4.76. The summed E-state index contributed by atoms with van der Waals surface area (Å²) in [7, 11) is 1.49. The SMILES string of the molecule is CO[PH](C)(Cc1ccccc1C)OC. The van der Waals surface area contributed by atoms with Crippen molar-refractivity contribution in [2.75, 3.05) is 20.9 Å². The van der Waals surface area contributed by atoms with Crippen molar-refractivity contribution in [1.82, 2.24) is 0 Å². The maximum atomic E-state index is 5.46. The van der Waals surface area contributed by atoms with E-state index < -0.39 is 7.72 Å². The predicted molar refractivity (Wildman–Crippen MR) is 63.1 cm³/mol. The number of hydrogen-bond acceptors (Lipinski definition) is 2. The Morgan fingerprint density at radius 1 is 1.14 bits per heavy atom. The Morgan fingerprint density at radius 2 is 1.71 bits per heavy atom. The molecule has 0 N–H and O–H groups in total. The molecule has 0 aliphatic carbocycles. The minimum absolute atomic E-state index is 0.909. The minimum atomic E-state index is -1.97. The summed E-state index contributed by atoms with van der Waals surface area (Å²) in [5, 5.41) is 0. The Morgan fingerprint density at radius 3 is 2.21 bits per heavy atom. The van der Waals surface area contributed by atoms with Crippen LogP contribution in [0.1, 0.15) is 11.1 Å². The van der Waals surface area contributed by atoms with E-state index in [1.165, 1.54) is 11.1 Å². The van der Waals surface area contributed by atoms with Gasteiger partial charge in [0.05, 0.1) is 0 Å². The predicted octanol–water partition coefficient (Wildman–Crippen LogP) is 3.00. The fourth-order valence-electron chi connectivity index (χ4n) is 1.38. The van der Waals surface area contributed by atoms with Crippen LogP contribution in [-0.4, -0.2) is 20.9 Å². The molecule has 0 aliphatic rings. The second kappa shape index (κ2) is 4.88. The van der Waals surface area contributed by atoms with Gasteiger partial charge in [-0.2, -0.15) is 0 Å². The van der Waals surface area contributed by atoms with Gasteiger partial charge in [0.25, 0.3) is 0 Å². The van der Waals surface area contributed by atoms with Crippen LogP contribution in [0, 0.1) is 6.92 Å². The van der Waals surface area contributed by atoms with E-state index in [2.05, 4.69) is 37.9 Å². The average Bonchev–Trinajstić information content (AvgIpc) is 2.21. The number of benzene rings is 1. The molecule has 0 unspecified atom stereocenters. The monoisotopic (exact) mass is 214 g/mol. The van der Waals surface area contributed by atoms with Gasteiger partial charge in [-0.15, -0.1) is 0 Å². The van der Waals surface area contributed by atoms with Crippen LogP contribution in [0.4, 0.5) is 0 Å². The normalized spacial score (nSPS) is 12.9. The topological polar surface area (TPSA) is 18.5 Å². The molecule has 0 atom stereocenters. The summed E-state index contributed by atoms with van der Waals surface area (Å²) in [5.74, 6) is 0. The summed E-state index contributed by atoms with van der Waals surface area (Å²) < 4.78 is 10.9. The molecule has 3 heteroatoms. The van der Waals surface area contributed by atoms with E-state index >= 15 is 0 Å². The van der Waals surface area contributed by atoms with Crippen LogP contribution in [0.25, 0.3) is 0 Å². The van der Waals surface area contributed by atoms with Gasteiger partial charge in [-0.05, 0) is 0 Å². The summed E-state index contributed by atoms with van der Waals surface area (Å²) in [6.45, 7) is 4.20. The van der Waals surface area contributed by atoms with E-state index in [4.69, 9.17) is 9.05 Å². The van der Waals surface area contributed by atoms with Crippen molar-refractivity contribution in [3.8, 4) is 0 Å². The third kappa shape index (κ3) is 2.78. The molecule has 0 fully saturated rings. The number of hydrogen-bond donors (Lipinski definition) is 0. The summed E-state index contributed by atoms with van der Waals surface area (Å²) in [5.41, 5.74) is 2.63. The van der Waals surface area contributed by atoms with Crippen molar-refractivity contribution >= 4 is 7.72 Å². The van der Waals surface area contributed by atoms with Crippen molar-refractivity contribution in [1.29, 1.82) is 0 Å². The van der Waals surface area contributed by atoms with Crippen molar-refractivity contribution < 1.29 is 9.05 Å². The third-order valence-electron chi connectivity index (χ3n) is 2.64. The Balaban J connectivity index is 2.82. The zero-order valence-corrected chi connectivity index (χ0v) is 10.3. The molecule has 80 valence electrons. The van der Waals surface area contributed by atoms with Crippen LogP contribution in [-0.2, 0) is 15.2 Å². The van der Waals surface area contributed by atoms with Crippen molar-refractivity contribution in [3.63, 3.8) is 0 Å². The van der Waals surface area contributed by atoms with Crippen LogP contribution in [0.5, 0.6) is 0 Å². The molecule has 0 amide bonds. The van der Waals surface area contributed by atoms with Gasteiger partial charge in [-0.1, -0.05) is 0 Å². The van der Waals surface area contributed by atoms with Gasteiger partial charge in [0.1, 0.15) is 0 Å². The summed E-state index contributed by atoms with van der Waals surface area (Å²) in [4.78, 5) is 0. The quantitative estimate of drug-likeness (QED) is 0.717. The van der Waals surface area contributed by atoms with Crippen molar-refractivity contribution in [2.45, 2.75) is 13.1 Å². The number of rotatable bonds is 4. The molecule has 2 nitrogen and oxygen atoms in total. The molecule has 0 saturated heterocycles. The molecule has 1 aromatic carbocycles. The van der Waals surface area contributed by atoms with Crippen LogP contribution in [0.3, 0.4) is 0 Å². The Labute approximate surface area is 86.7 Å². The van der Waals surface area contributed by atoms with Gasteiger partial charge in [0.15, 0.2) is 0 Å². The molecule has 0 bridgehead atoms. The van der Waals surface area contributed by atoms with Gasteiger partial charge in [0.2, 0.25) is 0 Å². The molecular weight excluding hydrogens is 195 g/mol. The van der Waals surface area contributed by atoms with Gasteiger partial charge in [-0.25, -0.2) is 0 Å². The van der Waals surface area contributed by atoms with E-state index in [1.807, 2.05) is 0 Å². The van der Waals surface area contributed by atoms with Crippen LogP contribution in [0.2, 0.25) is 0 Å². The molecule has 0 spiro atoms. The average molecular weight is 214 g/mol. The first-order valence-corrected chi connectivity index (χ1v) is 7.28. The fourth-order valence-corrected chi connectivity index (χ4v) is 2.93. The first-order chi connectivity index (χ1) is 6.61. The fraction of sp³-hybridized carbons (Fsp3) is 0.455. The van der Waals surface area contributed by atoms with E-state index in [9.17, 15) is 0 Å². The van der Waals surface area contributed by atoms with E-state index in [-0.39, 0.29) is 0 Å². The molecule has 1 aromatic rings. The Kier molecular flexibility index (Phi) is 4.06. The van der Waals surface area contributed by atoms with E-state index in [0.717, 1.165) is 6.16 Å². The maximum absolute atomic E-state index is 5.46.